The largest absolute Gasteiger partial charge is 0.491 e. The van der Waals surface area contributed by atoms with Gasteiger partial charge in [0.1, 0.15) is 18.5 Å². The van der Waals surface area contributed by atoms with E-state index >= 15 is 0 Å². The smallest absolute Gasteiger partial charge is 0.181 e. The molecule has 2 aromatic carbocycles. The lowest BCUT2D eigenvalue weighted by Crippen LogP contribution is -2.27. The summed E-state index contributed by atoms with van der Waals surface area (Å²) in [6, 6.07) is 13.8. The lowest BCUT2D eigenvalue weighted by molar-refractivity contribution is 0.124. The van der Waals surface area contributed by atoms with E-state index in [4.69, 9.17) is 4.74 Å². The predicted molar refractivity (Wildman–Crippen MR) is 85.9 cm³/mol. The van der Waals surface area contributed by atoms with Crippen LogP contribution >= 0.6 is 0 Å². The molecule has 0 saturated carbocycles. The number of hydrogen-bond donors (Lipinski definition) is 1. The summed E-state index contributed by atoms with van der Waals surface area (Å²) < 4.78 is 29.8. The van der Waals surface area contributed by atoms with E-state index in [9.17, 15) is 13.5 Å². The third kappa shape index (κ3) is 4.32. The minimum Gasteiger partial charge on any atom is -0.491 e. The van der Waals surface area contributed by atoms with Crippen molar-refractivity contribution in [1.82, 2.24) is 0 Å². The summed E-state index contributed by atoms with van der Waals surface area (Å²) in [4.78, 5) is 0.209. The van der Waals surface area contributed by atoms with Gasteiger partial charge in [0.05, 0.1) is 10.6 Å². The summed E-state index contributed by atoms with van der Waals surface area (Å²) in [6.45, 7) is 3.84. The molecule has 0 fully saturated rings. The normalized spacial score (nSPS) is 12.9. The van der Waals surface area contributed by atoms with Crippen molar-refractivity contribution in [1.29, 1.82) is 0 Å². The predicted octanol–water partition coefficient (Wildman–Crippen LogP) is 2.52. The first-order valence-corrected chi connectivity index (χ1v) is 8.69. The monoisotopic (exact) mass is 320 g/mol. The van der Waals surface area contributed by atoms with Crippen LogP contribution in [0, 0.1) is 13.8 Å². The first-order valence-electron chi connectivity index (χ1n) is 7.04. The summed E-state index contributed by atoms with van der Waals surface area (Å²) in [6.07, 6.45) is -1.08. The summed E-state index contributed by atoms with van der Waals surface area (Å²) in [5.74, 6) is 0.295. The number of aliphatic hydroxyl groups is 1. The molecule has 0 spiro atoms. The molecule has 0 aliphatic heterocycles. The molecular formula is C17H20O4S. The molecule has 0 saturated heterocycles. The van der Waals surface area contributed by atoms with E-state index in [2.05, 4.69) is 0 Å². The van der Waals surface area contributed by atoms with Crippen molar-refractivity contribution in [2.24, 2.45) is 0 Å². The number of benzene rings is 2. The number of hydrogen-bond acceptors (Lipinski definition) is 4. The Hall–Kier alpha value is -1.85. The van der Waals surface area contributed by atoms with Crippen molar-refractivity contribution in [3.63, 3.8) is 0 Å². The highest BCUT2D eigenvalue weighted by molar-refractivity contribution is 7.91. The van der Waals surface area contributed by atoms with E-state index in [1.165, 1.54) is 12.1 Å². The number of aliphatic hydroxyl groups excluding tert-OH is 1. The van der Waals surface area contributed by atoms with Crippen molar-refractivity contribution in [3.05, 3.63) is 59.7 Å². The van der Waals surface area contributed by atoms with E-state index < -0.39 is 15.9 Å². The molecule has 0 radical (unpaired) electrons. The van der Waals surface area contributed by atoms with Crippen molar-refractivity contribution >= 4 is 9.84 Å². The Morgan fingerprint density at radius 2 is 1.77 bits per heavy atom. The quantitative estimate of drug-likeness (QED) is 0.888. The molecule has 0 aromatic heterocycles. The van der Waals surface area contributed by atoms with Crippen LogP contribution in [-0.4, -0.2) is 32.0 Å². The van der Waals surface area contributed by atoms with Crippen molar-refractivity contribution in [3.8, 4) is 5.75 Å². The molecular weight excluding hydrogens is 300 g/mol. The first-order chi connectivity index (χ1) is 10.4. The van der Waals surface area contributed by atoms with E-state index in [0.29, 0.717) is 5.75 Å². The standard InChI is InChI=1S/C17H20O4S/c1-13-8-9-17(14(2)10-13)21-11-15(18)12-22(19,20)16-6-4-3-5-7-16/h3-10,15,18H,11-12H2,1-2H3. The summed E-state index contributed by atoms with van der Waals surface area (Å²) in [5, 5.41) is 9.95. The molecule has 0 aliphatic carbocycles. The van der Waals surface area contributed by atoms with Gasteiger partial charge >= 0.3 is 0 Å². The van der Waals surface area contributed by atoms with Crippen LogP contribution in [0.1, 0.15) is 11.1 Å². The van der Waals surface area contributed by atoms with Crippen LogP contribution in [0.3, 0.4) is 0 Å². The van der Waals surface area contributed by atoms with E-state index in [0.717, 1.165) is 11.1 Å². The highest BCUT2D eigenvalue weighted by Crippen LogP contribution is 2.19. The van der Waals surface area contributed by atoms with Gasteiger partial charge in [0.15, 0.2) is 9.84 Å². The second-order valence-corrected chi connectivity index (χ2v) is 7.36. The molecule has 0 aliphatic rings. The molecule has 2 rings (SSSR count). The highest BCUT2D eigenvalue weighted by Gasteiger charge is 2.20. The van der Waals surface area contributed by atoms with Gasteiger partial charge in [0.25, 0.3) is 0 Å². The second-order valence-electron chi connectivity index (χ2n) is 5.33. The molecule has 0 amide bonds. The first kappa shape index (κ1) is 16.5. The molecule has 1 unspecified atom stereocenters. The zero-order valence-electron chi connectivity index (χ0n) is 12.7. The molecule has 5 heteroatoms. The van der Waals surface area contributed by atoms with Gasteiger partial charge in [0.2, 0.25) is 0 Å². The van der Waals surface area contributed by atoms with Gasteiger partial charge in [-0.05, 0) is 37.6 Å². The lowest BCUT2D eigenvalue weighted by Gasteiger charge is -2.14. The Labute approximate surface area is 131 Å². The number of sulfone groups is 1. The van der Waals surface area contributed by atoms with Gasteiger partial charge < -0.3 is 9.84 Å². The SMILES string of the molecule is Cc1ccc(OCC(O)CS(=O)(=O)c2ccccc2)c(C)c1. The van der Waals surface area contributed by atoms with Crippen molar-refractivity contribution < 1.29 is 18.3 Å². The minimum atomic E-state index is -3.51. The van der Waals surface area contributed by atoms with Gasteiger partial charge in [-0.3, -0.25) is 0 Å². The minimum absolute atomic E-state index is 0.0596. The zero-order valence-corrected chi connectivity index (χ0v) is 13.5. The third-order valence-electron chi connectivity index (χ3n) is 3.28. The van der Waals surface area contributed by atoms with Crippen LogP contribution in [0.4, 0.5) is 0 Å². The maximum atomic E-state index is 12.1. The van der Waals surface area contributed by atoms with E-state index in [1.807, 2.05) is 32.0 Å². The van der Waals surface area contributed by atoms with E-state index in [-0.39, 0.29) is 17.3 Å². The average Bonchev–Trinajstić information content (AvgIpc) is 2.47. The lowest BCUT2D eigenvalue weighted by atomic mass is 10.1. The van der Waals surface area contributed by atoms with Gasteiger partial charge in [-0.1, -0.05) is 35.9 Å². The third-order valence-corrected chi connectivity index (χ3v) is 5.09. The maximum Gasteiger partial charge on any atom is 0.181 e. The van der Waals surface area contributed by atoms with Gasteiger partial charge in [0, 0.05) is 0 Å². The summed E-state index contributed by atoms with van der Waals surface area (Å²) in [5.41, 5.74) is 2.08. The molecule has 118 valence electrons. The molecule has 22 heavy (non-hydrogen) atoms. The van der Waals surface area contributed by atoms with Crippen LogP contribution in [0.15, 0.2) is 53.4 Å². The van der Waals surface area contributed by atoms with Crippen LogP contribution in [-0.2, 0) is 9.84 Å². The molecule has 1 N–H and O–H groups in total. The van der Waals surface area contributed by atoms with Crippen LogP contribution in [0.25, 0.3) is 0 Å². The highest BCUT2D eigenvalue weighted by atomic mass is 32.2. The van der Waals surface area contributed by atoms with Crippen molar-refractivity contribution in [2.45, 2.75) is 24.8 Å². The fourth-order valence-electron chi connectivity index (χ4n) is 2.17. The summed E-state index contributed by atoms with van der Waals surface area (Å²) >= 11 is 0. The molecule has 0 heterocycles. The molecule has 2 aromatic rings. The van der Waals surface area contributed by atoms with Gasteiger partial charge in [-0.2, -0.15) is 0 Å². The van der Waals surface area contributed by atoms with Crippen molar-refractivity contribution in [2.75, 3.05) is 12.4 Å². The van der Waals surface area contributed by atoms with Gasteiger partial charge in [-0.15, -0.1) is 0 Å². The number of ether oxygens (including phenoxy) is 1. The Morgan fingerprint density at radius 3 is 2.41 bits per heavy atom. The molecule has 1 atom stereocenters. The summed E-state index contributed by atoms with van der Waals surface area (Å²) in [7, 11) is -3.51. The Kier molecular flexibility index (Phi) is 5.21. The maximum absolute atomic E-state index is 12.1. The van der Waals surface area contributed by atoms with E-state index in [1.54, 1.807) is 18.2 Å². The molecule has 0 bridgehead atoms. The molecule has 4 nitrogen and oxygen atoms in total. The Bertz CT molecular complexity index is 724. The fourth-order valence-corrected chi connectivity index (χ4v) is 3.54. The van der Waals surface area contributed by atoms with Crippen LogP contribution in [0.2, 0.25) is 0 Å². The zero-order chi connectivity index (χ0) is 16.2. The van der Waals surface area contributed by atoms with Crippen LogP contribution in [0.5, 0.6) is 5.75 Å². The topological polar surface area (TPSA) is 63.6 Å². The average molecular weight is 320 g/mol. The fraction of sp³-hybridized carbons (Fsp3) is 0.294. The Morgan fingerprint density at radius 1 is 1.09 bits per heavy atom. The van der Waals surface area contributed by atoms with Crippen LogP contribution < -0.4 is 4.74 Å². The second kappa shape index (κ2) is 6.94. The Balaban J connectivity index is 1.97. The van der Waals surface area contributed by atoms with Gasteiger partial charge in [-0.25, -0.2) is 8.42 Å². The number of rotatable bonds is 6. The number of aryl methyl sites for hydroxylation is 2.